The Bertz CT molecular complexity index is 243. The molecule has 0 saturated carbocycles. The Morgan fingerprint density at radius 2 is 2.25 bits per heavy atom. The summed E-state index contributed by atoms with van der Waals surface area (Å²) in [5.74, 6) is 0.673. The van der Waals surface area contributed by atoms with Crippen LogP contribution in [-0.2, 0) is 20.3 Å². The molecule has 0 amide bonds. The van der Waals surface area contributed by atoms with Gasteiger partial charge in [-0.15, -0.1) is 0 Å². The van der Waals surface area contributed by atoms with E-state index in [-0.39, 0.29) is 11.4 Å². The summed E-state index contributed by atoms with van der Waals surface area (Å²) in [5, 5.41) is 3.37. The predicted octanol–water partition coefficient (Wildman–Crippen LogP) is 0.291. The summed E-state index contributed by atoms with van der Waals surface area (Å²) in [4.78, 5) is 0. The Balaban J connectivity index is 1.86. The van der Waals surface area contributed by atoms with Gasteiger partial charge in [-0.05, 0) is 26.3 Å². The lowest BCUT2D eigenvalue weighted by molar-refractivity contribution is 0.0830. The van der Waals surface area contributed by atoms with Crippen molar-refractivity contribution in [3.05, 3.63) is 0 Å². The van der Waals surface area contributed by atoms with Crippen molar-refractivity contribution >= 4 is 10.8 Å². The van der Waals surface area contributed by atoms with Gasteiger partial charge in [-0.1, -0.05) is 0 Å². The summed E-state index contributed by atoms with van der Waals surface area (Å²) in [5.41, 5.74) is 0. The van der Waals surface area contributed by atoms with E-state index in [1.54, 1.807) is 0 Å². The Kier molecular flexibility index (Phi) is 4.76. The van der Waals surface area contributed by atoms with E-state index in [4.69, 9.17) is 9.47 Å². The molecule has 5 heteroatoms. The second kappa shape index (κ2) is 6.10. The van der Waals surface area contributed by atoms with E-state index in [0.717, 1.165) is 32.5 Å². The maximum Gasteiger partial charge on any atom is 0.0736 e. The van der Waals surface area contributed by atoms with Gasteiger partial charge in [0.25, 0.3) is 0 Å². The molecule has 2 saturated heterocycles. The first-order chi connectivity index (χ1) is 7.81. The van der Waals surface area contributed by atoms with E-state index in [1.807, 2.05) is 7.05 Å². The van der Waals surface area contributed by atoms with Crippen LogP contribution >= 0.6 is 0 Å². The van der Waals surface area contributed by atoms with Crippen molar-refractivity contribution < 1.29 is 13.7 Å². The molecule has 4 unspecified atom stereocenters. The average molecular weight is 247 g/mol. The number of hydrogen-bond acceptors (Lipinski definition) is 4. The Hall–Kier alpha value is 0.0300. The molecule has 2 heterocycles. The van der Waals surface area contributed by atoms with Crippen molar-refractivity contribution in [3.8, 4) is 0 Å². The molecular formula is C11H21NO3S. The highest BCUT2D eigenvalue weighted by Gasteiger charge is 2.31. The molecule has 94 valence electrons. The van der Waals surface area contributed by atoms with E-state index >= 15 is 0 Å². The van der Waals surface area contributed by atoms with Gasteiger partial charge in [-0.2, -0.15) is 0 Å². The highest BCUT2D eigenvalue weighted by molar-refractivity contribution is 7.85. The third kappa shape index (κ3) is 3.03. The van der Waals surface area contributed by atoms with Gasteiger partial charge in [-0.25, -0.2) is 0 Å². The minimum atomic E-state index is -0.839. The van der Waals surface area contributed by atoms with Crippen LogP contribution in [0.15, 0.2) is 0 Å². The van der Waals surface area contributed by atoms with Crippen LogP contribution in [0.25, 0.3) is 0 Å². The van der Waals surface area contributed by atoms with Gasteiger partial charge in [0.15, 0.2) is 0 Å². The topological polar surface area (TPSA) is 47.6 Å². The van der Waals surface area contributed by atoms with Crippen molar-refractivity contribution in [3.63, 3.8) is 0 Å². The summed E-state index contributed by atoms with van der Waals surface area (Å²) >= 11 is 0. The monoisotopic (exact) mass is 247 g/mol. The first-order valence-corrected chi connectivity index (χ1v) is 7.43. The van der Waals surface area contributed by atoms with Gasteiger partial charge >= 0.3 is 0 Å². The van der Waals surface area contributed by atoms with Gasteiger partial charge in [0.2, 0.25) is 0 Å². The second-order valence-corrected chi connectivity index (χ2v) is 6.18. The van der Waals surface area contributed by atoms with Gasteiger partial charge in [0.05, 0.1) is 23.7 Å². The van der Waals surface area contributed by atoms with Crippen molar-refractivity contribution in [2.24, 2.45) is 0 Å². The lowest BCUT2D eigenvalue weighted by Crippen LogP contribution is -2.48. The van der Waals surface area contributed by atoms with Gasteiger partial charge < -0.3 is 14.8 Å². The van der Waals surface area contributed by atoms with E-state index in [2.05, 4.69) is 5.32 Å². The largest absolute Gasteiger partial charge is 0.380 e. The number of hydrogen-bond donors (Lipinski definition) is 1. The van der Waals surface area contributed by atoms with Crippen LogP contribution < -0.4 is 5.32 Å². The lowest BCUT2D eigenvalue weighted by Gasteiger charge is -2.31. The Labute approximate surface area is 99.5 Å². The quantitative estimate of drug-likeness (QED) is 0.776. The van der Waals surface area contributed by atoms with E-state index in [0.29, 0.717) is 18.4 Å². The lowest BCUT2D eigenvalue weighted by atomic mass is 10.1. The third-order valence-electron chi connectivity index (χ3n) is 3.39. The molecule has 0 aliphatic carbocycles. The minimum absolute atomic E-state index is 0.128. The number of rotatable bonds is 4. The summed E-state index contributed by atoms with van der Waals surface area (Å²) in [6.07, 6.45) is 3.33. The summed E-state index contributed by atoms with van der Waals surface area (Å²) in [6, 6.07) is 0.330. The first kappa shape index (κ1) is 12.5. The van der Waals surface area contributed by atoms with Crippen molar-refractivity contribution in [1.82, 2.24) is 5.32 Å². The summed E-state index contributed by atoms with van der Waals surface area (Å²) in [7, 11) is 1.10. The molecule has 0 aromatic rings. The van der Waals surface area contributed by atoms with Crippen LogP contribution in [0.3, 0.4) is 0 Å². The molecule has 2 aliphatic heterocycles. The van der Waals surface area contributed by atoms with Crippen LogP contribution in [-0.4, -0.2) is 54.2 Å². The van der Waals surface area contributed by atoms with Crippen LogP contribution in [0.2, 0.25) is 0 Å². The fraction of sp³-hybridized carbons (Fsp3) is 1.00. The SMILES string of the molecule is CNC1CCOCC1S(=O)CC1CCCO1. The molecule has 4 atom stereocenters. The summed E-state index contributed by atoms with van der Waals surface area (Å²) < 4.78 is 23.2. The molecule has 0 aromatic carbocycles. The standard InChI is InChI=1S/C11H21NO3S/c1-12-10-4-6-14-7-11(10)16(13)8-9-3-2-5-15-9/h9-12H,2-8H2,1H3. The zero-order chi connectivity index (χ0) is 11.4. The molecule has 2 rings (SSSR count). The average Bonchev–Trinajstić information content (AvgIpc) is 2.81. The summed E-state index contributed by atoms with van der Waals surface area (Å²) in [6.45, 7) is 2.22. The van der Waals surface area contributed by atoms with Crippen LogP contribution in [0, 0.1) is 0 Å². The van der Waals surface area contributed by atoms with Gasteiger partial charge in [-0.3, -0.25) is 4.21 Å². The zero-order valence-corrected chi connectivity index (χ0v) is 10.6. The molecule has 2 fully saturated rings. The minimum Gasteiger partial charge on any atom is -0.380 e. The van der Waals surface area contributed by atoms with Crippen LogP contribution in [0.5, 0.6) is 0 Å². The van der Waals surface area contributed by atoms with Gasteiger partial charge in [0.1, 0.15) is 0 Å². The fourth-order valence-corrected chi connectivity index (χ4v) is 4.15. The van der Waals surface area contributed by atoms with Crippen molar-refractivity contribution in [2.75, 3.05) is 32.6 Å². The predicted molar refractivity (Wildman–Crippen MR) is 64.1 cm³/mol. The van der Waals surface area contributed by atoms with Crippen molar-refractivity contribution in [1.29, 1.82) is 0 Å². The van der Waals surface area contributed by atoms with Crippen LogP contribution in [0.4, 0.5) is 0 Å². The van der Waals surface area contributed by atoms with Crippen LogP contribution in [0.1, 0.15) is 19.3 Å². The molecule has 0 radical (unpaired) electrons. The number of ether oxygens (including phenoxy) is 2. The Morgan fingerprint density at radius 1 is 1.38 bits per heavy atom. The zero-order valence-electron chi connectivity index (χ0n) is 9.81. The van der Waals surface area contributed by atoms with E-state index in [1.165, 1.54) is 0 Å². The van der Waals surface area contributed by atoms with E-state index < -0.39 is 10.8 Å². The van der Waals surface area contributed by atoms with E-state index in [9.17, 15) is 4.21 Å². The molecular weight excluding hydrogens is 226 g/mol. The second-order valence-electron chi connectivity index (χ2n) is 4.48. The third-order valence-corrected chi connectivity index (χ3v) is 5.23. The smallest absolute Gasteiger partial charge is 0.0736 e. The molecule has 1 N–H and O–H groups in total. The molecule has 4 nitrogen and oxygen atoms in total. The first-order valence-electron chi connectivity index (χ1n) is 6.05. The highest BCUT2D eigenvalue weighted by Crippen LogP contribution is 2.18. The molecule has 16 heavy (non-hydrogen) atoms. The number of nitrogens with one attached hydrogen (secondary N) is 1. The maximum atomic E-state index is 12.2. The Morgan fingerprint density at radius 3 is 2.94 bits per heavy atom. The normalized spacial score (nSPS) is 37.4. The molecule has 2 aliphatic rings. The molecule has 0 aromatic heterocycles. The van der Waals surface area contributed by atoms with Crippen molar-refractivity contribution in [2.45, 2.75) is 36.7 Å². The fourth-order valence-electron chi connectivity index (χ4n) is 2.38. The molecule has 0 bridgehead atoms. The maximum absolute atomic E-state index is 12.2. The van der Waals surface area contributed by atoms with Gasteiger partial charge in [0, 0.05) is 30.1 Å². The molecule has 0 spiro atoms. The highest BCUT2D eigenvalue weighted by atomic mass is 32.2.